The van der Waals surface area contributed by atoms with Crippen molar-refractivity contribution in [1.29, 1.82) is 0 Å². The fourth-order valence-electron chi connectivity index (χ4n) is 2.06. The van der Waals surface area contributed by atoms with Crippen molar-refractivity contribution >= 4 is 0 Å². The Morgan fingerprint density at radius 3 is 2.22 bits per heavy atom. The molecular weight excluding hydrogens is 226 g/mol. The molecule has 5 nitrogen and oxygen atoms in total. The first-order valence-corrected chi connectivity index (χ1v) is 6.47. The third kappa shape index (κ3) is 5.16. The number of hydrogen-bond acceptors (Lipinski definition) is 3. The van der Waals surface area contributed by atoms with E-state index in [0.717, 1.165) is 20.0 Å². The normalized spacial score (nSPS) is 12.3. The predicted molar refractivity (Wildman–Crippen MR) is 74.0 cm³/mol. The van der Waals surface area contributed by atoms with E-state index in [1.54, 1.807) is 0 Å². The van der Waals surface area contributed by atoms with E-state index in [2.05, 4.69) is 84.6 Å². The van der Waals surface area contributed by atoms with Crippen LogP contribution in [0.5, 0.6) is 0 Å². The molecule has 0 atom stereocenters. The Hall–Kier alpha value is -0.910. The van der Waals surface area contributed by atoms with Crippen molar-refractivity contribution in [3.05, 3.63) is 18.7 Å². The van der Waals surface area contributed by atoms with Crippen LogP contribution in [0.15, 0.2) is 18.7 Å². The van der Waals surface area contributed by atoms with Crippen LogP contribution in [-0.2, 0) is 6.67 Å². The number of rotatable bonds is 7. The largest absolute Gasteiger partial charge is 0.297 e. The van der Waals surface area contributed by atoms with Crippen molar-refractivity contribution in [2.75, 3.05) is 41.5 Å². The summed E-state index contributed by atoms with van der Waals surface area (Å²) in [6, 6.07) is 0.521. The van der Waals surface area contributed by atoms with Crippen molar-refractivity contribution < 1.29 is 4.57 Å². The highest BCUT2D eigenvalue weighted by atomic mass is 15.4. The van der Waals surface area contributed by atoms with Gasteiger partial charge in [0.1, 0.15) is 19.1 Å². The third-order valence-corrected chi connectivity index (χ3v) is 2.72. The summed E-state index contributed by atoms with van der Waals surface area (Å²) in [7, 11) is 8.47. The van der Waals surface area contributed by atoms with Gasteiger partial charge in [-0.25, -0.2) is 9.13 Å². The zero-order valence-electron chi connectivity index (χ0n) is 12.7. The third-order valence-electron chi connectivity index (χ3n) is 2.72. The van der Waals surface area contributed by atoms with Gasteiger partial charge in [-0.1, -0.05) is 0 Å². The topological polar surface area (TPSA) is 18.5 Å². The summed E-state index contributed by atoms with van der Waals surface area (Å²) >= 11 is 0. The fraction of sp³-hybridized carbons (Fsp3) is 0.769. The van der Waals surface area contributed by atoms with E-state index in [1.165, 1.54) is 0 Å². The summed E-state index contributed by atoms with van der Waals surface area (Å²) in [6.07, 6.45) is 6.41. The van der Waals surface area contributed by atoms with Crippen LogP contribution in [0.25, 0.3) is 0 Å². The van der Waals surface area contributed by atoms with Crippen LogP contribution >= 0.6 is 0 Å². The van der Waals surface area contributed by atoms with Gasteiger partial charge in [0.15, 0.2) is 0 Å². The second kappa shape index (κ2) is 6.87. The van der Waals surface area contributed by atoms with Gasteiger partial charge in [0.25, 0.3) is 0 Å². The Kier molecular flexibility index (Phi) is 5.78. The average molecular weight is 254 g/mol. The lowest BCUT2D eigenvalue weighted by Gasteiger charge is -2.25. The number of imidazole rings is 1. The molecule has 1 aromatic heterocycles. The summed E-state index contributed by atoms with van der Waals surface area (Å²) < 4.78 is 4.43. The summed E-state index contributed by atoms with van der Waals surface area (Å²) in [5.74, 6) is 0. The first kappa shape index (κ1) is 15.1. The van der Waals surface area contributed by atoms with Crippen LogP contribution < -0.4 is 4.57 Å². The van der Waals surface area contributed by atoms with Crippen LogP contribution in [0.3, 0.4) is 0 Å². The quantitative estimate of drug-likeness (QED) is 0.526. The maximum Gasteiger partial charge on any atom is 0.245 e. The number of hydrogen-bond donors (Lipinski definition) is 0. The van der Waals surface area contributed by atoms with Crippen LogP contribution in [0.2, 0.25) is 0 Å². The molecule has 1 aromatic rings. The summed E-state index contributed by atoms with van der Waals surface area (Å²) in [4.78, 5) is 6.77. The molecule has 0 aliphatic heterocycles. The fourth-order valence-corrected chi connectivity index (χ4v) is 2.06. The van der Waals surface area contributed by atoms with Gasteiger partial charge in [0, 0.05) is 0 Å². The second-order valence-electron chi connectivity index (χ2n) is 5.68. The summed E-state index contributed by atoms with van der Waals surface area (Å²) in [6.45, 7) is 7.23. The minimum absolute atomic E-state index is 0.521. The standard InChI is InChI=1S/C13H28N5/c1-13(2)18-8-7-17(12-18)11-16(6)10-15(5)9-14(3)4/h7-8,12-13H,9-11H2,1-6H3/q+1. The highest BCUT2D eigenvalue weighted by Gasteiger charge is 2.10. The predicted octanol–water partition coefficient (Wildman–Crippen LogP) is 0.654. The molecule has 0 aromatic carbocycles. The number of nitrogens with zero attached hydrogens (tertiary/aromatic N) is 5. The molecule has 0 saturated heterocycles. The van der Waals surface area contributed by atoms with Gasteiger partial charge in [-0.2, -0.15) is 0 Å². The minimum Gasteiger partial charge on any atom is -0.297 e. The van der Waals surface area contributed by atoms with E-state index < -0.39 is 0 Å². The van der Waals surface area contributed by atoms with Crippen LogP contribution in [0.4, 0.5) is 0 Å². The highest BCUT2D eigenvalue weighted by molar-refractivity contribution is 4.69. The van der Waals surface area contributed by atoms with Gasteiger partial charge in [0.05, 0.1) is 19.4 Å². The molecule has 0 unspecified atom stereocenters. The molecule has 0 aliphatic carbocycles. The lowest BCUT2D eigenvalue weighted by atomic mass is 10.4. The van der Waals surface area contributed by atoms with Gasteiger partial charge >= 0.3 is 0 Å². The summed E-state index contributed by atoms with van der Waals surface area (Å²) in [5.41, 5.74) is 0. The lowest BCUT2D eigenvalue weighted by Crippen LogP contribution is -2.46. The average Bonchev–Trinajstić information content (AvgIpc) is 2.63. The Bertz CT molecular complexity index is 345. The molecule has 0 bridgehead atoms. The molecule has 0 N–H and O–H groups in total. The van der Waals surface area contributed by atoms with Crippen molar-refractivity contribution in [3.8, 4) is 0 Å². The molecule has 104 valence electrons. The molecule has 0 aliphatic rings. The van der Waals surface area contributed by atoms with Gasteiger partial charge in [-0.3, -0.25) is 14.7 Å². The maximum absolute atomic E-state index is 2.30. The monoisotopic (exact) mass is 254 g/mol. The molecular formula is C13H28N5+. The van der Waals surface area contributed by atoms with E-state index >= 15 is 0 Å². The molecule has 18 heavy (non-hydrogen) atoms. The summed E-state index contributed by atoms with van der Waals surface area (Å²) in [5, 5.41) is 0. The molecule has 0 spiro atoms. The molecule has 0 radical (unpaired) electrons. The zero-order valence-corrected chi connectivity index (χ0v) is 12.7. The molecule has 1 rings (SSSR count). The molecule has 5 heteroatoms. The van der Waals surface area contributed by atoms with Crippen molar-refractivity contribution in [3.63, 3.8) is 0 Å². The second-order valence-corrected chi connectivity index (χ2v) is 5.68. The Morgan fingerprint density at radius 1 is 1.06 bits per heavy atom. The van der Waals surface area contributed by atoms with Crippen molar-refractivity contribution in [1.82, 2.24) is 19.3 Å². The van der Waals surface area contributed by atoms with E-state index in [9.17, 15) is 0 Å². The smallest absolute Gasteiger partial charge is 0.245 e. The van der Waals surface area contributed by atoms with Gasteiger partial charge in [0.2, 0.25) is 6.33 Å². The first-order valence-electron chi connectivity index (χ1n) is 6.47. The molecule has 1 heterocycles. The zero-order chi connectivity index (χ0) is 13.7. The molecule has 0 fully saturated rings. The van der Waals surface area contributed by atoms with Crippen LogP contribution in [0, 0.1) is 0 Å². The van der Waals surface area contributed by atoms with E-state index in [4.69, 9.17) is 0 Å². The van der Waals surface area contributed by atoms with E-state index in [-0.39, 0.29) is 0 Å². The number of aromatic nitrogens is 2. The lowest BCUT2D eigenvalue weighted by molar-refractivity contribution is -0.715. The van der Waals surface area contributed by atoms with Crippen LogP contribution in [-0.4, -0.2) is 60.8 Å². The first-order chi connectivity index (χ1) is 8.38. The maximum atomic E-state index is 2.30. The van der Waals surface area contributed by atoms with Crippen molar-refractivity contribution in [2.45, 2.75) is 26.6 Å². The van der Waals surface area contributed by atoms with Gasteiger partial charge in [-0.05, 0) is 42.0 Å². The van der Waals surface area contributed by atoms with Crippen LogP contribution in [0.1, 0.15) is 19.9 Å². The Balaban J connectivity index is 2.41. The van der Waals surface area contributed by atoms with E-state index in [1.807, 2.05) is 0 Å². The highest BCUT2D eigenvalue weighted by Crippen LogP contribution is 2.00. The van der Waals surface area contributed by atoms with Gasteiger partial charge in [-0.15, -0.1) is 0 Å². The molecule has 0 saturated carbocycles. The van der Waals surface area contributed by atoms with Gasteiger partial charge < -0.3 is 0 Å². The minimum atomic E-state index is 0.521. The van der Waals surface area contributed by atoms with E-state index in [0.29, 0.717) is 6.04 Å². The SMILES string of the molecule is CC(C)n1cc[n+](CN(C)CN(C)CN(C)C)c1. The Morgan fingerprint density at radius 2 is 1.72 bits per heavy atom. The Labute approximate surface area is 111 Å². The van der Waals surface area contributed by atoms with Crippen molar-refractivity contribution in [2.24, 2.45) is 0 Å². The molecule has 0 amide bonds.